The number of nitrogens with zero attached hydrogens (tertiary/aromatic N) is 2. The monoisotopic (exact) mass is 324 g/mol. The standard InChI is InChI=1S/C18H16N2O2S/c1-14-8-10-16(11-9-14)23(21,22)20-13-5-7-18(20)15(2)17-6-3-4-12-19-17/h3-13H,2H2,1H3. The van der Waals surface area contributed by atoms with Gasteiger partial charge in [-0.25, -0.2) is 12.4 Å². The van der Waals surface area contributed by atoms with Gasteiger partial charge in [-0.3, -0.25) is 4.98 Å². The molecule has 4 nitrogen and oxygen atoms in total. The Labute approximate surface area is 135 Å². The molecule has 116 valence electrons. The highest BCUT2D eigenvalue weighted by Crippen LogP contribution is 2.24. The second-order valence-corrected chi connectivity index (χ2v) is 7.02. The van der Waals surface area contributed by atoms with Gasteiger partial charge in [-0.1, -0.05) is 30.3 Å². The van der Waals surface area contributed by atoms with Gasteiger partial charge in [0.05, 0.1) is 16.3 Å². The number of hydrogen-bond acceptors (Lipinski definition) is 3. The molecule has 0 aliphatic carbocycles. The van der Waals surface area contributed by atoms with Gasteiger partial charge in [0.25, 0.3) is 10.0 Å². The summed E-state index contributed by atoms with van der Waals surface area (Å²) < 4.78 is 27.0. The molecule has 0 unspecified atom stereocenters. The average molecular weight is 324 g/mol. The van der Waals surface area contributed by atoms with Crippen molar-refractivity contribution in [3.63, 3.8) is 0 Å². The largest absolute Gasteiger partial charge is 0.268 e. The first-order chi connectivity index (χ1) is 11.0. The zero-order chi connectivity index (χ0) is 16.4. The summed E-state index contributed by atoms with van der Waals surface area (Å²) in [4.78, 5) is 4.48. The molecule has 0 N–H and O–H groups in total. The van der Waals surface area contributed by atoms with Crippen LogP contribution in [-0.2, 0) is 10.0 Å². The summed E-state index contributed by atoms with van der Waals surface area (Å²) in [6.07, 6.45) is 3.18. The summed E-state index contributed by atoms with van der Waals surface area (Å²) in [5.41, 5.74) is 2.72. The van der Waals surface area contributed by atoms with Crippen molar-refractivity contribution in [2.24, 2.45) is 0 Å². The van der Waals surface area contributed by atoms with Gasteiger partial charge >= 0.3 is 0 Å². The summed E-state index contributed by atoms with van der Waals surface area (Å²) in [6.45, 7) is 5.92. The third-order valence-corrected chi connectivity index (χ3v) is 5.28. The Hall–Kier alpha value is -2.66. The topological polar surface area (TPSA) is 52.0 Å². The first-order valence-electron chi connectivity index (χ1n) is 7.10. The fourth-order valence-corrected chi connectivity index (χ4v) is 3.67. The molecule has 0 spiro atoms. The predicted octanol–water partition coefficient (Wildman–Crippen LogP) is 3.49. The lowest BCUT2D eigenvalue weighted by Crippen LogP contribution is -2.14. The van der Waals surface area contributed by atoms with E-state index in [1.165, 1.54) is 10.2 Å². The molecule has 3 aromatic rings. The van der Waals surface area contributed by atoms with Crippen LogP contribution in [0.15, 0.2) is 78.5 Å². The SMILES string of the molecule is C=C(c1ccccn1)c1cccn1S(=O)(=O)c1ccc(C)cc1. The van der Waals surface area contributed by atoms with E-state index in [2.05, 4.69) is 11.6 Å². The highest BCUT2D eigenvalue weighted by molar-refractivity contribution is 7.90. The van der Waals surface area contributed by atoms with E-state index >= 15 is 0 Å². The maximum absolute atomic E-state index is 12.9. The maximum atomic E-state index is 12.9. The summed E-state index contributed by atoms with van der Waals surface area (Å²) in [6, 6.07) is 15.6. The lowest BCUT2D eigenvalue weighted by atomic mass is 10.1. The Balaban J connectivity index is 2.07. The van der Waals surface area contributed by atoms with Crippen LogP contribution in [0.3, 0.4) is 0 Å². The maximum Gasteiger partial charge on any atom is 0.268 e. The number of aromatic nitrogens is 2. The molecule has 5 heteroatoms. The first-order valence-corrected chi connectivity index (χ1v) is 8.54. The number of rotatable bonds is 4. The van der Waals surface area contributed by atoms with Crippen LogP contribution in [0.4, 0.5) is 0 Å². The van der Waals surface area contributed by atoms with Crippen molar-refractivity contribution < 1.29 is 8.42 Å². The minimum absolute atomic E-state index is 0.245. The summed E-state index contributed by atoms with van der Waals surface area (Å²) >= 11 is 0. The third kappa shape index (κ3) is 2.83. The van der Waals surface area contributed by atoms with Crippen LogP contribution in [0.5, 0.6) is 0 Å². The number of benzene rings is 1. The second-order valence-electron chi connectivity index (χ2n) is 5.20. The zero-order valence-electron chi connectivity index (χ0n) is 12.7. The summed E-state index contributed by atoms with van der Waals surface area (Å²) in [5, 5.41) is 0. The van der Waals surface area contributed by atoms with Gasteiger partial charge in [-0.15, -0.1) is 0 Å². The van der Waals surface area contributed by atoms with Gasteiger partial charge in [0.15, 0.2) is 0 Å². The van der Waals surface area contributed by atoms with E-state index in [0.29, 0.717) is 17.0 Å². The molecule has 0 saturated carbocycles. The number of hydrogen-bond donors (Lipinski definition) is 0. The van der Waals surface area contributed by atoms with Crippen molar-refractivity contribution in [1.29, 1.82) is 0 Å². The molecule has 0 saturated heterocycles. The molecule has 2 aromatic heterocycles. The van der Waals surface area contributed by atoms with Crippen LogP contribution in [0, 0.1) is 6.92 Å². The van der Waals surface area contributed by atoms with Crippen LogP contribution < -0.4 is 0 Å². The average Bonchev–Trinajstić information content (AvgIpc) is 3.06. The molecule has 0 aliphatic heterocycles. The molecule has 2 heterocycles. The fraction of sp³-hybridized carbons (Fsp3) is 0.0556. The van der Waals surface area contributed by atoms with Crippen molar-refractivity contribution >= 4 is 15.6 Å². The van der Waals surface area contributed by atoms with Crippen molar-refractivity contribution in [2.75, 3.05) is 0 Å². The smallest absolute Gasteiger partial charge is 0.256 e. The van der Waals surface area contributed by atoms with Crippen molar-refractivity contribution in [3.05, 3.63) is 90.5 Å². The second kappa shape index (κ2) is 5.85. The molecule has 0 fully saturated rings. The molecule has 0 aliphatic rings. The minimum Gasteiger partial charge on any atom is -0.256 e. The molecular formula is C18H16N2O2S. The molecule has 0 radical (unpaired) electrons. The van der Waals surface area contributed by atoms with Gasteiger partial charge in [-0.05, 0) is 43.3 Å². The number of aryl methyl sites for hydroxylation is 1. The highest BCUT2D eigenvalue weighted by atomic mass is 32.2. The highest BCUT2D eigenvalue weighted by Gasteiger charge is 2.21. The Morgan fingerprint density at radius 1 is 1.04 bits per heavy atom. The lowest BCUT2D eigenvalue weighted by molar-refractivity contribution is 0.587. The van der Waals surface area contributed by atoms with E-state index in [-0.39, 0.29) is 4.90 Å². The van der Waals surface area contributed by atoms with E-state index < -0.39 is 10.0 Å². The minimum atomic E-state index is -3.67. The molecule has 0 bridgehead atoms. The Kier molecular flexibility index (Phi) is 3.88. The molecule has 23 heavy (non-hydrogen) atoms. The van der Waals surface area contributed by atoms with Crippen LogP contribution >= 0.6 is 0 Å². The molecule has 0 amide bonds. The summed E-state index contributed by atoms with van der Waals surface area (Å²) in [7, 11) is -3.67. The lowest BCUT2D eigenvalue weighted by Gasteiger charge is -2.12. The molecule has 1 aromatic carbocycles. The van der Waals surface area contributed by atoms with Crippen LogP contribution in [0.2, 0.25) is 0 Å². The molecule has 0 atom stereocenters. The zero-order valence-corrected chi connectivity index (χ0v) is 13.5. The third-order valence-electron chi connectivity index (χ3n) is 3.57. The van der Waals surface area contributed by atoms with Crippen LogP contribution in [-0.4, -0.2) is 17.4 Å². The first kappa shape index (κ1) is 15.2. The normalized spacial score (nSPS) is 11.3. The van der Waals surface area contributed by atoms with Gasteiger partial charge in [0, 0.05) is 18.0 Å². The van der Waals surface area contributed by atoms with E-state index in [4.69, 9.17) is 0 Å². The Bertz CT molecular complexity index is 940. The van der Waals surface area contributed by atoms with Crippen molar-refractivity contribution in [2.45, 2.75) is 11.8 Å². The predicted molar refractivity (Wildman–Crippen MR) is 90.6 cm³/mol. The van der Waals surface area contributed by atoms with Crippen LogP contribution in [0.1, 0.15) is 17.0 Å². The fourth-order valence-electron chi connectivity index (χ4n) is 2.31. The summed E-state index contributed by atoms with van der Waals surface area (Å²) in [5.74, 6) is 0. The number of pyridine rings is 1. The molecule has 3 rings (SSSR count). The van der Waals surface area contributed by atoms with Gasteiger partial charge < -0.3 is 0 Å². The van der Waals surface area contributed by atoms with E-state index in [1.807, 2.05) is 13.0 Å². The Morgan fingerprint density at radius 3 is 2.43 bits per heavy atom. The molecular weight excluding hydrogens is 308 g/mol. The van der Waals surface area contributed by atoms with Gasteiger partial charge in [-0.2, -0.15) is 0 Å². The van der Waals surface area contributed by atoms with Crippen LogP contribution in [0.25, 0.3) is 5.57 Å². The van der Waals surface area contributed by atoms with E-state index in [1.54, 1.807) is 54.7 Å². The Morgan fingerprint density at radius 2 is 1.78 bits per heavy atom. The van der Waals surface area contributed by atoms with Crippen molar-refractivity contribution in [3.8, 4) is 0 Å². The van der Waals surface area contributed by atoms with E-state index in [9.17, 15) is 8.42 Å². The van der Waals surface area contributed by atoms with E-state index in [0.717, 1.165) is 5.56 Å². The van der Waals surface area contributed by atoms with Gasteiger partial charge in [0.1, 0.15) is 0 Å². The quantitative estimate of drug-likeness (QED) is 0.738. The van der Waals surface area contributed by atoms with Crippen molar-refractivity contribution in [1.82, 2.24) is 8.96 Å². The van der Waals surface area contributed by atoms with Gasteiger partial charge in [0.2, 0.25) is 0 Å².